The first kappa shape index (κ1) is 16.0. The molecular formula is C17H20N4O3. The van der Waals surface area contributed by atoms with Crippen molar-refractivity contribution < 1.29 is 9.59 Å². The van der Waals surface area contributed by atoms with Crippen molar-refractivity contribution in [1.82, 2.24) is 9.88 Å². The Kier molecular flexibility index (Phi) is 4.24. The van der Waals surface area contributed by atoms with E-state index in [0.29, 0.717) is 24.8 Å². The number of hydrogen-bond acceptors (Lipinski definition) is 3. The van der Waals surface area contributed by atoms with Crippen LogP contribution in [0, 0.1) is 12.8 Å². The molecule has 3 rings (SSSR count). The lowest BCUT2D eigenvalue weighted by Gasteiger charge is -2.31. The first-order valence-electron chi connectivity index (χ1n) is 7.93. The van der Waals surface area contributed by atoms with Crippen LogP contribution in [0.4, 0.5) is 10.5 Å². The molecule has 1 saturated heterocycles. The molecule has 0 bridgehead atoms. The molecule has 0 radical (unpaired) electrons. The highest BCUT2D eigenvalue weighted by atomic mass is 16.2. The van der Waals surface area contributed by atoms with Crippen LogP contribution in [0.2, 0.25) is 0 Å². The van der Waals surface area contributed by atoms with Crippen molar-refractivity contribution in [3.05, 3.63) is 40.2 Å². The van der Waals surface area contributed by atoms with Crippen LogP contribution in [0.3, 0.4) is 0 Å². The first-order chi connectivity index (χ1) is 11.5. The number of carbonyl (C=O) groups excluding carboxylic acids is 2. The smallest absolute Gasteiger partial charge is 0.322 e. The molecular weight excluding hydrogens is 308 g/mol. The number of hydrogen-bond donors (Lipinski definition) is 3. The summed E-state index contributed by atoms with van der Waals surface area (Å²) in [7, 11) is 0. The number of urea groups is 1. The van der Waals surface area contributed by atoms with E-state index in [1.54, 1.807) is 12.1 Å². The van der Waals surface area contributed by atoms with Crippen molar-refractivity contribution in [2.75, 3.05) is 18.4 Å². The summed E-state index contributed by atoms with van der Waals surface area (Å²) in [6.45, 7) is 2.74. The molecule has 4 N–H and O–H groups in total. The number of aromatic amines is 1. The second-order valence-electron chi connectivity index (χ2n) is 6.15. The number of nitrogens with two attached hydrogens (primary N) is 1. The van der Waals surface area contributed by atoms with Crippen LogP contribution >= 0.6 is 0 Å². The van der Waals surface area contributed by atoms with Crippen LogP contribution in [-0.4, -0.2) is 34.9 Å². The largest absolute Gasteiger partial charge is 0.369 e. The number of anilines is 1. The summed E-state index contributed by atoms with van der Waals surface area (Å²) in [6.07, 6.45) is 2.91. The van der Waals surface area contributed by atoms with Gasteiger partial charge in [0.05, 0.1) is 11.4 Å². The third-order valence-corrected chi connectivity index (χ3v) is 4.48. The van der Waals surface area contributed by atoms with Crippen LogP contribution in [0.15, 0.2) is 29.2 Å². The van der Waals surface area contributed by atoms with Gasteiger partial charge in [0.1, 0.15) is 5.69 Å². The van der Waals surface area contributed by atoms with Crippen molar-refractivity contribution in [3.8, 4) is 0 Å². The summed E-state index contributed by atoms with van der Waals surface area (Å²) in [4.78, 5) is 40.9. The van der Waals surface area contributed by atoms with Gasteiger partial charge in [-0.25, -0.2) is 4.79 Å². The number of nitrogens with zero attached hydrogens (tertiary/aromatic N) is 1. The van der Waals surface area contributed by atoms with Gasteiger partial charge in [0.15, 0.2) is 0 Å². The Morgan fingerprint density at radius 1 is 1.38 bits per heavy atom. The number of pyridine rings is 1. The predicted molar refractivity (Wildman–Crippen MR) is 91.8 cm³/mol. The Morgan fingerprint density at radius 3 is 2.92 bits per heavy atom. The van der Waals surface area contributed by atoms with E-state index in [4.69, 9.17) is 5.73 Å². The van der Waals surface area contributed by atoms with E-state index in [-0.39, 0.29) is 23.6 Å². The Bertz CT molecular complexity index is 859. The molecule has 1 atom stereocenters. The molecule has 3 amide bonds. The average molecular weight is 328 g/mol. The molecule has 1 fully saturated rings. The van der Waals surface area contributed by atoms with Crippen LogP contribution in [-0.2, 0) is 4.79 Å². The quantitative estimate of drug-likeness (QED) is 0.778. The van der Waals surface area contributed by atoms with Crippen molar-refractivity contribution in [1.29, 1.82) is 0 Å². The standard InChI is InChI=1S/C17H20N4O3/c1-10-4-2-6-12-14(10)19-8-13(15(12)22)20-17(24)21-7-3-5-11(9-21)16(18)23/h2,4,6,8,11H,3,5,7,9H2,1H3,(H2,18,23)(H,19,22)(H,20,24). The van der Waals surface area contributed by atoms with Crippen molar-refractivity contribution in [2.24, 2.45) is 11.7 Å². The maximum absolute atomic E-state index is 12.5. The maximum Gasteiger partial charge on any atom is 0.322 e. The van der Waals surface area contributed by atoms with Gasteiger partial charge < -0.3 is 20.9 Å². The number of fused-ring (bicyclic) bond motifs is 1. The lowest BCUT2D eigenvalue weighted by Crippen LogP contribution is -2.46. The predicted octanol–water partition coefficient (Wildman–Crippen LogP) is 1.57. The van der Waals surface area contributed by atoms with Crippen LogP contribution in [0.5, 0.6) is 0 Å². The number of aromatic nitrogens is 1. The maximum atomic E-state index is 12.5. The highest BCUT2D eigenvalue weighted by Gasteiger charge is 2.27. The summed E-state index contributed by atoms with van der Waals surface area (Å²) < 4.78 is 0. The van der Waals surface area contributed by atoms with Gasteiger partial charge in [0.2, 0.25) is 11.3 Å². The Labute approximate surface area is 138 Å². The van der Waals surface area contributed by atoms with Crippen molar-refractivity contribution in [2.45, 2.75) is 19.8 Å². The van der Waals surface area contributed by atoms with Gasteiger partial charge in [-0.1, -0.05) is 12.1 Å². The van der Waals surface area contributed by atoms with Crippen molar-refractivity contribution >= 4 is 28.5 Å². The average Bonchev–Trinajstić information content (AvgIpc) is 2.58. The topological polar surface area (TPSA) is 108 Å². The van der Waals surface area contributed by atoms with Gasteiger partial charge in [-0.2, -0.15) is 0 Å². The molecule has 126 valence electrons. The molecule has 0 aliphatic carbocycles. The van der Waals surface area contributed by atoms with E-state index in [1.807, 2.05) is 13.0 Å². The number of likely N-dealkylation sites (tertiary alicyclic amines) is 1. The second-order valence-corrected chi connectivity index (χ2v) is 6.15. The summed E-state index contributed by atoms with van der Waals surface area (Å²) in [5.41, 5.74) is 7.01. The minimum Gasteiger partial charge on any atom is -0.369 e. The zero-order chi connectivity index (χ0) is 17.3. The lowest BCUT2D eigenvalue weighted by molar-refractivity contribution is -0.123. The monoisotopic (exact) mass is 328 g/mol. The first-order valence-corrected chi connectivity index (χ1v) is 7.93. The number of H-pyrrole nitrogens is 1. The number of rotatable bonds is 2. The van der Waals surface area contributed by atoms with E-state index in [1.165, 1.54) is 11.1 Å². The summed E-state index contributed by atoms with van der Waals surface area (Å²) in [6, 6.07) is 5.05. The van der Waals surface area contributed by atoms with Gasteiger partial charge in [-0.15, -0.1) is 0 Å². The van der Waals surface area contributed by atoms with E-state index in [2.05, 4.69) is 10.3 Å². The minimum atomic E-state index is -0.397. The molecule has 1 aliphatic rings. The van der Waals surface area contributed by atoms with Crippen LogP contribution < -0.4 is 16.5 Å². The van der Waals surface area contributed by atoms with Gasteiger partial charge in [-0.3, -0.25) is 9.59 Å². The minimum absolute atomic E-state index is 0.194. The highest BCUT2D eigenvalue weighted by Crippen LogP contribution is 2.18. The van der Waals surface area contributed by atoms with Gasteiger partial charge in [0.25, 0.3) is 0 Å². The number of carbonyl (C=O) groups is 2. The number of nitrogens with one attached hydrogen (secondary N) is 2. The van der Waals surface area contributed by atoms with Gasteiger partial charge in [-0.05, 0) is 31.4 Å². The zero-order valence-corrected chi connectivity index (χ0v) is 13.5. The fourth-order valence-corrected chi connectivity index (χ4v) is 3.08. The third kappa shape index (κ3) is 2.97. The summed E-state index contributed by atoms with van der Waals surface area (Å²) >= 11 is 0. The van der Waals surface area contributed by atoms with Crippen LogP contribution in [0.1, 0.15) is 18.4 Å². The highest BCUT2D eigenvalue weighted by molar-refractivity contribution is 5.93. The number of piperidine rings is 1. The van der Waals surface area contributed by atoms with Gasteiger partial charge >= 0.3 is 6.03 Å². The molecule has 1 aromatic carbocycles. The molecule has 0 saturated carbocycles. The summed E-state index contributed by atoms with van der Waals surface area (Å²) in [5.74, 6) is -0.728. The number of primary amides is 1. The Morgan fingerprint density at radius 2 is 2.17 bits per heavy atom. The lowest BCUT2D eigenvalue weighted by atomic mass is 9.98. The zero-order valence-electron chi connectivity index (χ0n) is 13.5. The SMILES string of the molecule is Cc1cccc2c(=O)c(NC(=O)N3CCCC(C(N)=O)C3)c[nH]c12. The van der Waals surface area contributed by atoms with Crippen LogP contribution in [0.25, 0.3) is 10.9 Å². The van der Waals surface area contributed by atoms with E-state index in [9.17, 15) is 14.4 Å². The molecule has 7 nitrogen and oxygen atoms in total. The number of benzene rings is 1. The normalized spacial score (nSPS) is 17.7. The molecule has 2 heterocycles. The van der Waals surface area contributed by atoms with E-state index in [0.717, 1.165) is 11.1 Å². The molecule has 2 aromatic rings. The Balaban J connectivity index is 1.82. The Hall–Kier alpha value is -2.83. The third-order valence-electron chi connectivity index (χ3n) is 4.48. The molecule has 1 unspecified atom stereocenters. The fraction of sp³-hybridized carbons (Fsp3) is 0.353. The molecule has 7 heteroatoms. The van der Waals surface area contributed by atoms with Crippen molar-refractivity contribution in [3.63, 3.8) is 0 Å². The fourth-order valence-electron chi connectivity index (χ4n) is 3.08. The molecule has 0 spiro atoms. The van der Waals surface area contributed by atoms with E-state index >= 15 is 0 Å². The molecule has 24 heavy (non-hydrogen) atoms. The number of aryl methyl sites for hydroxylation is 1. The molecule has 1 aliphatic heterocycles. The van der Waals surface area contributed by atoms with E-state index < -0.39 is 11.9 Å². The van der Waals surface area contributed by atoms with Gasteiger partial charge in [0, 0.05) is 24.7 Å². The number of amides is 3. The number of para-hydroxylation sites is 1. The molecule has 1 aromatic heterocycles. The summed E-state index contributed by atoms with van der Waals surface area (Å²) in [5, 5.41) is 3.17. The second kappa shape index (κ2) is 6.35.